The van der Waals surface area contributed by atoms with E-state index in [1.807, 2.05) is 6.92 Å². The zero-order valence-electron chi connectivity index (χ0n) is 11.2. The highest BCUT2D eigenvalue weighted by molar-refractivity contribution is 9.10. The van der Waals surface area contributed by atoms with Crippen molar-refractivity contribution in [3.63, 3.8) is 0 Å². The Morgan fingerprint density at radius 3 is 2.94 bits per heavy atom. The van der Waals surface area contributed by atoms with Crippen LogP contribution in [0.15, 0.2) is 4.47 Å². The quantitative estimate of drug-likeness (QED) is 0.798. The van der Waals surface area contributed by atoms with Crippen molar-refractivity contribution in [1.29, 1.82) is 0 Å². The summed E-state index contributed by atoms with van der Waals surface area (Å²) in [5.41, 5.74) is 2.31. The number of rotatable bonds is 3. The fraction of sp³-hybridized carbons (Fsp3) is 0.714. The number of ketones is 1. The van der Waals surface area contributed by atoms with Crippen LogP contribution in [0.3, 0.4) is 0 Å². The molecule has 0 saturated heterocycles. The third-order valence-corrected chi connectivity index (χ3v) is 4.80. The fourth-order valence-electron chi connectivity index (χ4n) is 2.79. The minimum atomic E-state index is 0.438. The fourth-order valence-corrected chi connectivity index (χ4v) is 3.24. The molecule has 4 heteroatoms. The predicted molar refractivity (Wildman–Crippen MR) is 75.6 cm³/mol. The van der Waals surface area contributed by atoms with Gasteiger partial charge in [-0.05, 0) is 55.0 Å². The van der Waals surface area contributed by atoms with Crippen molar-refractivity contribution >= 4 is 21.7 Å². The molecular formula is C14H21BrN2O. The summed E-state index contributed by atoms with van der Waals surface area (Å²) < 4.78 is 3.19. The second-order valence-corrected chi connectivity index (χ2v) is 6.01. The normalized spacial score (nSPS) is 21.1. The van der Waals surface area contributed by atoms with Crippen molar-refractivity contribution in [3.8, 4) is 0 Å². The van der Waals surface area contributed by atoms with Crippen LogP contribution in [0.4, 0.5) is 0 Å². The van der Waals surface area contributed by atoms with E-state index in [4.69, 9.17) is 0 Å². The van der Waals surface area contributed by atoms with Gasteiger partial charge in [-0.2, -0.15) is 5.10 Å². The Labute approximate surface area is 117 Å². The standard InChI is InChI=1S/C14H21BrN2O/c1-3-17-13(14(15)10(2)16-17)9-11-6-4-5-7-12(18)8-11/h11H,3-9H2,1-2H3. The summed E-state index contributed by atoms with van der Waals surface area (Å²) in [6, 6.07) is 0. The first kappa shape index (κ1) is 13.8. The Hall–Kier alpha value is -0.640. The van der Waals surface area contributed by atoms with Crippen LogP contribution in [0, 0.1) is 12.8 Å². The van der Waals surface area contributed by atoms with E-state index in [-0.39, 0.29) is 0 Å². The van der Waals surface area contributed by atoms with Crippen LogP contribution < -0.4 is 0 Å². The molecule has 0 bridgehead atoms. The van der Waals surface area contributed by atoms with E-state index in [0.29, 0.717) is 11.7 Å². The molecule has 0 aromatic carbocycles. The number of Topliss-reactive ketones (excluding diaryl/α,β-unsaturated/α-hetero) is 1. The van der Waals surface area contributed by atoms with Crippen molar-refractivity contribution in [2.75, 3.05) is 0 Å². The number of carbonyl (C=O) groups excluding carboxylic acids is 1. The number of aryl methyl sites for hydroxylation is 2. The molecule has 100 valence electrons. The zero-order chi connectivity index (χ0) is 13.1. The number of halogens is 1. The summed E-state index contributed by atoms with van der Waals surface area (Å²) in [6.07, 6.45) is 5.94. The molecule has 1 fully saturated rings. The maximum absolute atomic E-state index is 11.7. The molecule has 3 nitrogen and oxygen atoms in total. The molecule has 1 saturated carbocycles. The zero-order valence-corrected chi connectivity index (χ0v) is 12.8. The average molecular weight is 313 g/mol. The smallest absolute Gasteiger partial charge is 0.133 e. The van der Waals surface area contributed by atoms with E-state index < -0.39 is 0 Å². The minimum Gasteiger partial charge on any atom is -0.300 e. The van der Waals surface area contributed by atoms with Crippen molar-refractivity contribution < 1.29 is 4.79 Å². The lowest BCUT2D eigenvalue weighted by Gasteiger charge is -2.14. The van der Waals surface area contributed by atoms with Crippen LogP contribution in [-0.4, -0.2) is 15.6 Å². The van der Waals surface area contributed by atoms with E-state index in [9.17, 15) is 4.79 Å². The molecule has 0 N–H and O–H groups in total. The van der Waals surface area contributed by atoms with Crippen LogP contribution in [0.2, 0.25) is 0 Å². The van der Waals surface area contributed by atoms with Crippen LogP contribution >= 0.6 is 15.9 Å². The van der Waals surface area contributed by atoms with E-state index >= 15 is 0 Å². The van der Waals surface area contributed by atoms with Crippen LogP contribution in [0.25, 0.3) is 0 Å². The third kappa shape index (κ3) is 3.02. The lowest BCUT2D eigenvalue weighted by atomic mass is 9.94. The summed E-state index contributed by atoms with van der Waals surface area (Å²) in [4.78, 5) is 11.7. The molecule has 1 heterocycles. The first-order valence-electron chi connectivity index (χ1n) is 6.85. The maximum Gasteiger partial charge on any atom is 0.133 e. The highest BCUT2D eigenvalue weighted by Gasteiger charge is 2.21. The molecule has 18 heavy (non-hydrogen) atoms. The first-order chi connectivity index (χ1) is 8.61. The van der Waals surface area contributed by atoms with Crippen LogP contribution in [-0.2, 0) is 17.8 Å². The molecule has 0 radical (unpaired) electrons. The van der Waals surface area contributed by atoms with E-state index in [0.717, 1.165) is 42.4 Å². The molecule has 0 aliphatic heterocycles. The average Bonchev–Trinajstić information content (AvgIpc) is 2.53. The molecule has 2 rings (SSSR count). The summed E-state index contributed by atoms with van der Waals surface area (Å²) in [6.45, 7) is 5.03. The Morgan fingerprint density at radius 2 is 2.22 bits per heavy atom. The van der Waals surface area contributed by atoms with Gasteiger partial charge in [0.25, 0.3) is 0 Å². The summed E-state index contributed by atoms with van der Waals surface area (Å²) >= 11 is 3.64. The van der Waals surface area contributed by atoms with Crippen LogP contribution in [0.5, 0.6) is 0 Å². The van der Waals surface area contributed by atoms with Gasteiger partial charge in [0.2, 0.25) is 0 Å². The van der Waals surface area contributed by atoms with Gasteiger partial charge >= 0.3 is 0 Å². The maximum atomic E-state index is 11.7. The van der Waals surface area contributed by atoms with Gasteiger partial charge < -0.3 is 0 Å². The Morgan fingerprint density at radius 1 is 1.44 bits per heavy atom. The second-order valence-electron chi connectivity index (χ2n) is 5.22. The number of aromatic nitrogens is 2. The van der Waals surface area contributed by atoms with Gasteiger partial charge in [-0.3, -0.25) is 9.48 Å². The number of nitrogens with zero attached hydrogens (tertiary/aromatic N) is 2. The number of carbonyl (C=O) groups is 1. The van der Waals surface area contributed by atoms with E-state index in [1.54, 1.807) is 0 Å². The molecular weight excluding hydrogens is 292 g/mol. The molecule has 1 atom stereocenters. The Balaban J connectivity index is 2.14. The SMILES string of the molecule is CCn1nc(C)c(Br)c1CC1CCCCC(=O)C1. The highest BCUT2D eigenvalue weighted by Crippen LogP contribution is 2.29. The van der Waals surface area contributed by atoms with Crippen molar-refractivity contribution in [2.45, 2.75) is 58.9 Å². The van der Waals surface area contributed by atoms with Crippen molar-refractivity contribution in [1.82, 2.24) is 9.78 Å². The monoisotopic (exact) mass is 312 g/mol. The molecule has 0 amide bonds. The topological polar surface area (TPSA) is 34.9 Å². The van der Waals surface area contributed by atoms with Crippen molar-refractivity contribution in [2.24, 2.45) is 5.92 Å². The first-order valence-corrected chi connectivity index (χ1v) is 7.64. The summed E-state index contributed by atoms with van der Waals surface area (Å²) in [5.74, 6) is 0.936. The molecule has 0 spiro atoms. The van der Waals surface area contributed by atoms with E-state index in [1.165, 1.54) is 18.5 Å². The molecule has 1 aliphatic rings. The molecule has 1 aromatic heterocycles. The largest absolute Gasteiger partial charge is 0.300 e. The summed E-state index contributed by atoms with van der Waals surface area (Å²) in [5, 5.41) is 4.52. The van der Waals surface area contributed by atoms with Gasteiger partial charge in [-0.25, -0.2) is 0 Å². The number of hydrogen-bond donors (Lipinski definition) is 0. The van der Waals surface area contributed by atoms with Gasteiger partial charge in [0, 0.05) is 19.4 Å². The van der Waals surface area contributed by atoms with Gasteiger partial charge in [0.05, 0.1) is 15.9 Å². The molecule has 1 aromatic rings. The Bertz CT molecular complexity index is 439. The van der Waals surface area contributed by atoms with Crippen LogP contribution in [0.1, 0.15) is 50.4 Å². The van der Waals surface area contributed by atoms with Gasteiger partial charge in [0.15, 0.2) is 0 Å². The van der Waals surface area contributed by atoms with Gasteiger partial charge in [0.1, 0.15) is 5.78 Å². The second kappa shape index (κ2) is 6.00. The summed E-state index contributed by atoms with van der Waals surface area (Å²) in [7, 11) is 0. The molecule has 1 unspecified atom stereocenters. The predicted octanol–water partition coefficient (Wildman–Crippen LogP) is 3.67. The Kier molecular flexibility index (Phi) is 4.60. The lowest BCUT2D eigenvalue weighted by molar-refractivity contribution is -0.119. The third-order valence-electron chi connectivity index (χ3n) is 3.77. The number of hydrogen-bond acceptors (Lipinski definition) is 2. The van der Waals surface area contributed by atoms with Gasteiger partial charge in [-0.1, -0.05) is 6.42 Å². The highest BCUT2D eigenvalue weighted by atomic mass is 79.9. The minimum absolute atomic E-state index is 0.438. The molecule has 1 aliphatic carbocycles. The van der Waals surface area contributed by atoms with Crippen molar-refractivity contribution in [3.05, 3.63) is 15.9 Å². The van der Waals surface area contributed by atoms with Gasteiger partial charge in [-0.15, -0.1) is 0 Å². The van der Waals surface area contributed by atoms with E-state index in [2.05, 4.69) is 32.6 Å². The lowest BCUT2D eigenvalue weighted by Crippen LogP contribution is -2.12.